The fourth-order valence-corrected chi connectivity index (χ4v) is 5.67. The number of hydrogen-bond donors (Lipinski definition) is 3. The molecule has 4 N–H and O–H groups in total. The van der Waals surface area contributed by atoms with Crippen LogP contribution in [-0.4, -0.2) is 26.8 Å². The first-order valence-corrected chi connectivity index (χ1v) is 11.9. The van der Waals surface area contributed by atoms with Crippen LogP contribution in [0.5, 0.6) is 0 Å². The average molecular weight is 456 g/mol. The molecule has 2 aromatic rings. The molecule has 0 spiro atoms. The van der Waals surface area contributed by atoms with Gasteiger partial charge in [-0.3, -0.25) is 9.59 Å². The Bertz CT molecular complexity index is 981. The lowest BCUT2D eigenvalue weighted by Gasteiger charge is -2.27. The summed E-state index contributed by atoms with van der Waals surface area (Å²) < 4.78 is 27.4. The molecular weight excluding hydrogens is 434 g/mol. The Balaban J connectivity index is 1.47. The van der Waals surface area contributed by atoms with Gasteiger partial charge in [-0.2, -0.15) is 0 Å². The molecule has 0 unspecified atom stereocenters. The first-order chi connectivity index (χ1) is 13.7. The zero-order valence-electron chi connectivity index (χ0n) is 15.6. The van der Waals surface area contributed by atoms with Crippen molar-refractivity contribution in [3.63, 3.8) is 0 Å². The van der Waals surface area contributed by atoms with E-state index in [1.54, 1.807) is 24.3 Å². The number of primary amides is 1. The highest BCUT2D eigenvalue weighted by Crippen LogP contribution is 2.30. The second-order valence-electron chi connectivity index (χ2n) is 7.08. The molecular formula is C19H22ClN3O4S2. The maximum atomic E-state index is 12.4. The van der Waals surface area contributed by atoms with Crippen molar-refractivity contribution in [3.8, 4) is 0 Å². The van der Waals surface area contributed by atoms with E-state index in [1.165, 1.54) is 11.4 Å². The minimum atomic E-state index is -3.68. The van der Waals surface area contributed by atoms with Gasteiger partial charge in [0, 0.05) is 28.6 Å². The summed E-state index contributed by atoms with van der Waals surface area (Å²) in [5.74, 6) is -0.595. The Kier molecular flexibility index (Phi) is 6.94. The van der Waals surface area contributed by atoms with Crippen LogP contribution in [0.3, 0.4) is 0 Å². The Morgan fingerprint density at radius 2 is 1.79 bits per heavy atom. The van der Waals surface area contributed by atoms with E-state index in [4.69, 9.17) is 17.3 Å². The number of carbonyl (C=O) groups excluding carboxylic acids is 2. The number of rotatable bonds is 7. The van der Waals surface area contributed by atoms with Gasteiger partial charge in [0.15, 0.2) is 0 Å². The molecule has 3 rings (SSSR count). The molecule has 1 aliphatic carbocycles. The summed E-state index contributed by atoms with van der Waals surface area (Å²) in [6.07, 6.45) is 2.93. The summed E-state index contributed by atoms with van der Waals surface area (Å²) in [6, 6.07) is 8.25. The molecule has 0 bridgehead atoms. The highest BCUT2D eigenvalue weighted by molar-refractivity contribution is 7.89. The van der Waals surface area contributed by atoms with E-state index >= 15 is 0 Å². The normalized spacial score (nSPS) is 19.6. The molecule has 1 fully saturated rings. The van der Waals surface area contributed by atoms with Crippen molar-refractivity contribution in [2.45, 2.75) is 30.6 Å². The zero-order chi connectivity index (χ0) is 21.0. The summed E-state index contributed by atoms with van der Waals surface area (Å²) >= 11 is 6.85. The molecule has 10 heteroatoms. The van der Waals surface area contributed by atoms with Crippen LogP contribution in [0.2, 0.25) is 5.02 Å². The van der Waals surface area contributed by atoms with E-state index in [9.17, 15) is 18.0 Å². The van der Waals surface area contributed by atoms with Gasteiger partial charge in [-0.15, -0.1) is 11.3 Å². The summed E-state index contributed by atoms with van der Waals surface area (Å²) in [5, 5.41) is 4.91. The molecule has 29 heavy (non-hydrogen) atoms. The van der Waals surface area contributed by atoms with Crippen molar-refractivity contribution in [2.24, 2.45) is 17.6 Å². The second kappa shape index (κ2) is 9.25. The van der Waals surface area contributed by atoms with Crippen LogP contribution in [0.25, 0.3) is 0 Å². The SMILES string of the molecule is NC(=O)c1cc(S(=O)(=O)NCC2CCC(C(=O)Nc3ccc(Cl)cc3)CC2)cs1. The predicted molar refractivity (Wildman–Crippen MR) is 114 cm³/mol. The fraction of sp³-hybridized carbons (Fsp3) is 0.368. The number of thiophene rings is 1. The summed E-state index contributed by atoms with van der Waals surface area (Å²) in [4.78, 5) is 23.8. The minimum absolute atomic E-state index is 0.0244. The predicted octanol–water partition coefficient (Wildman–Crippen LogP) is 3.22. The molecule has 1 aromatic carbocycles. The van der Waals surface area contributed by atoms with Crippen molar-refractivity contribution in [1.29, 1.82) is 0 Å². The first-order valence-electron chi connectivity index (χ1n) is 9.19. The molecule has 0 atom stereocenters. The third-order valence-electron chi connectivity index (χ3n) is 5.02. The van der Waals surface area contributed by atoms with Crippen LogP contribution in [-0.2, 0) is 14.8 Å². The quantitative estimate of drug-likeness (QED) is 0.593. The molecule has 0 saturated heterocycles. The minimum Gasteiger partial charge on any atom is -0.365 e. The van der Waals surface area contributed by atoms with Gasteiger partial charge in [0.05, 0.1) is 9.77 Å². The number of halogens is 1. The molecule has 1 saturated carbocycles. The van der Waals surface area contributed by atoms with E-state index in [0.717, 1.165) is 24.2 Å². The monoisotopic (exact) mass is 455 g/mol. The van der Waals surface area contributed by atoms with E-state index in [1.807, 2.05) is 0 Å². The van der Waals surface area contributed by atoms with E-state index in [-0.39, 0.29) is 27.5 Å². The largest absolute Gasteiger partial charge is 0.365 e. The molecule has 0 radical (unpaired) electrons. The lowest BCUT2D eigenvalue weighted by atomic mass is 9.81. The van der Waals surface area contributed by atoms with Gasteiger partial charge in [0.2, 0.25) is 15.9 Å². The Morgan fingerprint density at radius 3 is 2.38 bits per heavy atom. The van der Waals surface area contributed by atoms with Crippen molar-refractivity contribution < 1.29 is 18.0 Å². The molecule has 7 nitrogen and oxygen atoms in total. The maximum Gasteiger partial charge on any atom is 0.258 e. The number of amides is 2. The number of benzene rings is 1. The summed E-state index contributed by atoms with van der Waals surface area (Å²) in [6.45, 7) is 0.301. The number of sulfonamides is 1. The van der Waals surface area contributed by atoms with Gasteiger partial charge in [-0.1, -0.05) is 11.6 Å². The van der Waals surface area contributed by atoms with Crippen molar-refractivity contribution in [2.75, 3.05) is 11.9 Å². The lowest BCUT2D eigenvalue weighted by molar-refractivity contribution is -0.121. The highest BCUT2D eigenvalue weighted by Gasteiger charge is 2.27. The Labute approximate surface area is 178 Å². The van der Waals surface area contributed by atoms with Crippen LogP contribution in [0.1, 0.15) is 35.4 Å². The van der Waals surface area contributed by atoms with E-state index in [2.05, 4.69) is 10.0 Å². The first kappa shape index (κ1) is 21.8. The van der Waals surface area contributed by atoms with Gasteiger partial charge >= 0.3 is 0 Å². The lowest BCUT2D eigenvalue weighted by Crippen LogP contribution is -2.33. The standard InChI is InChI=1S/C19H22ClN3O4S2/c20-14-5-7-15(8-6-14)23-19(25)13-3-1-12(2-4-13)10-22-29(26,27)16-9-17(18(21)24)28-11-16/h5-9,11-13,22H,1-4,10H2,(H2,21,24)(H,23,25). The number of hydrogen-bond acceptors (Lipinski definition) is 5. The highest BCUT2D eigenvalue weighted by atomic mass is 35.5. The van der Waals surface area contributed by atoms with Crippen LogP contribution in [0.4, 0.5) is 5.69 Å². The summed E-state index contributed by atoms with van der Waals surface area (Å²) in [7, 11) is -3.68. The fourth-order valence-electron chi connectivity index (χ4n) is 3.31. The van der Waals surface area contributed by atoms with Crippen LogP contribution < -0.4 is 15.8 Å². The molecule has 156 valence electrons. The summed E-state index contributed by atoms with van der Waals surface area (Å²) in [5.41, 5.74) is 5.88. The van der Waals surface area contributed by atoms with E-state index in [0.29, 0.717) is 30.1 Å². The van der Waals surface area contributed by atoms with Gasteiger partial charge in [0.25, 0.3) is 5.91 Å². The molecule has 1 aromatic heterocycles. The Morgan fingerprint density at radius 1 is 1.14 bits per heavy atom. The molecule has 1 aliphatic rings. The molecule has 1 heterocycles. The van der Waals surface area contributed by atoms with Gasteiger partial charge < -0.3 is 11.1 Å². The number of nitrogens with two attached hydrogens (primary N) is 1. The Hall–Kier alpha value is -1.94. The number of anilines is 1. The third-order valence-corrected chi connectivity index (χ3v) is 7.77. The topological polar surface area (TPSA) is 118 Å². The second-order valence-corrected chi connectivity index (χ2v) is 10.2. The van der Waals surface area contributed by atoms with E-state index < -0.39 is 15.9 Å². The number of carbonyl (C=O) groups is 2. The van der Waals surface area contributed by atoms with Gasteiger partial charge in [-0.05, 0) is 61.9 Å². The molecule has 0 aliphatic heterocycles. The van der Waals surface area contributed by atoms with Crippen molar-refractivity contribution in [1.82, 2.24) is 4.72 Å². The van der Waals surface area contributed by atoms with Gasteiger partial charge in [-0.25, -0.2) is 13.1 Å². The molecule has 2 amide bonds. The number of nitrogens with one attached hydrogen (secondary N) is 2. The van der Waals surface area contributed by atoms with Crippen LogP contribution in [0.15, 0.2) is 40.6 Å². The van der Waals surface area contributed by atoms with Gasteiger partial charge in [0.1, 0.15) is 0 Å². The van der Waals surface area contributed by atoms with Crippen molar-refractivity contribution >= 4 is 50.5 Å². The zero-order valence-corrected chi connectivity index (χ0v) is 17.9. The smallest absolute Gasteiger partial charge is 0.258 e. The van der Waals surface area contributed by atoms with Crippen LogP contribution in [0, 0.1) is 11.8 Å². The third kappa shape index (κ3) is 5.79. The average Bonchev–Trinajstić information content (AvgIpc) is 3.20. The maximum absolute atomic E-state index is 12.4. The van der Waals surface area contributed by atoms with Crippen LogP contribution >= 0.6 is 22.9 Å². The van der Waals surface area contributed by atoms with Crippen molar-refractivity contribution in [3.05, 3.63) is 45.6 Å².